The highest BCUT2D eigenvalue weighted by Crippen LogP contribution is 2.19. The van der Waals surface area contributed by atoms with Gasteiger partial charge in [0.2, 0.25) is 0 Å². The number of rotatable bonds is 4. The van der Waals surface area contributed by atoms with E-state index in [0.717, 1.165) is 22.4 Å². The molecule has 0 fully saturated rings. The number of benzene rings is 2. The second kappa shape index (κ2) is 7.40. The predicted molar refractivity (Wildman–Crippen MR) is 105 cm³/mol. The summed E-state index contributed by atoms with van der Waals surface area (Å²) in [6, 6.07) is 17.1. The second-order valence-corrected chi connectivity index (χ2v) is 6.56. The van der Waals surface area contributed by atoms with Gasteiger partial charge in [-0.05, 0) is 49.6 Å². The molecule has 1 heterocycles. The molecule has 3 aromatic rings. The summed E-state index contributed by atoms with van der Waals surface area (Å²) in [6.45, 7) is 6.32. The molecule has 0 saturated carbocycles. The summed E-state index contributed by atoms with van der Waals surface area (Å²) >= 11 is 0. The van der Waals surface area contributed by atoms with E-state index < -0.39 is 0 Å². The Morgan fingerprint density at radius 2 is 1.58 bits per heavy atom. The monoisotopic (exact) mass is 346 g/mol. The van der Waals surface area contributed by atoms with E-state index in [4.69, 9.17) is 0 Å². The number of hydrogen-bond donors (Lipinski definition) is 1. The van der Waals surface area contributed by atoms with E-state index in [1.54, 1.807) is 22.9 Å². The van der Waals surface area contributed by atoms with Crippen LogP contribution in [0, 0.1) is 20.8 Å². The van der Waals surface area contributed by atoms with E-state index in [0.29, 0.717) is 6.54 Å². The van der Waals surface area contributed by atoms with Crippen molar-refractivity contribution in [3.63, 3.8) is 0 Å². The molecule has 132 valence electrons. The third-order valence-corrected chi connectivity index (χ3v) is 4.46. The fourth-order valence-corrected chi connectivity index (χ4v) is 2.92. The van der Waals surface area contributed by atoms with Crippen LogP contribution < -0.4 is 10.9 Å². The molecule has 1 N–H and O–H groups in total. The Hall–Kier alpha value is -3.14. The van der Waals surface area contributed by atoms with Crippen molar-refractivity contribution in [3.05, 3.63) is 99.0 Å². The second-order valence-electron chi connectivity index (χ2n) is 6.56. The normalized spacial score (nSPS) is 10.6. The summed E-state index contributed by atoms with van der Waals surface area (Å²) in [5, 5.41) is 2.88. The van der Waals surface area contributed by atoms with E-state index in [1.165, 1.54) is 5.56 Å². The molecule has 0 bridgehead atoms. The topological polar surface area (TPSA) is 51.1 Å². The van der Waals surface area contributed by atoms with Crippen molar-refractivity contribution in [2.75, 3.05) is 5.32 Å². The maximum absolute atomic E-state index is 12.7. The number of pyridine rings is 1. The lowest BCUT2D eigenvalue weighted by Crippen LogP contribution is -2.29. The fourth-order valence-electron chi connectivity index (χ4n) is 2.92. The fraction of sp³-hybridized carbons (Fsp3) is 0.182. The minimum Gasteiger partial charge on any atom is -0.321 e. The largest absolute Gasteiger partial charge is 0.321 e. The van der Waals surface area contributed by atoms with Gasteiger partial charge >= 0.3 is 0 Å². The molecule has 1 amide bonds. The number of amides is 1. The van der Waals surface area contributed by atoms with E-state index in [-0.39, 0.29) is 17.0 Å². The van der Waals surface area contributed by atoms with Crippen molar-refractivity contribution in [2.24, 2.45) is 0 Å². The van der Waals surface area contributed by atoms with E-state index in [1.807, 2.05) is 63.2 Å². The van der Waals surface area contributed by atoms with Crippen molar-refractivity contribution in [2.45, 2.75) is 27.3 Å². The Morgan fingerprint density at radius 1 is 0.923 bits per heavy atom. The maximum Gasteiger partial charge on any atom is 0.263 e. The molecule has 0 aliphatic carbocycles. The summed E-state index contributed by atoms with van der Waals surface area (Å²) < 4.78 is 1.56. The molecule has 1 aromatic heterocycles. The maximum atomic E-state index is 12.7. The summed E-state index contributed by atoms with van der Waals surface area (Å²) in [7, 11) is 0. The smallest absolute Gasteiger partial charge is 0.263 e. The molecule has 3 rings (SSSR count). The van der Waals surface area contributed by atoms with Gasteiger partial charge in [0, 0.05) is 11.9 Å². The molecule has 0 unspecified atom stereocenters. The number of carbonyl (C=O) groups excluding carboxylic acids is 1. The van der Waals surface area contributed by atoms with Gasteiger partial charge < -0.3 is 9.88 Å². The predicted octanol–water partition coefficient (Wildman–Crippen LogP) is 4.07. The molecule has 4 heteroatoms. The first-order valence-electron chi connectivity index (χ1n) is 8.58. The van der Waals surface area contributed by atoms with Crippen LogP contribution in [-0.2, 0) is 6.54 Å². The molecule has 0 saturated heterocycles. The Kier molecular flexibility index (Phi) is 5.03. The van der Waals surface area contributed by atoms with Gasteiger partial charge in [-0.25, -0.2) is 0 Å². The lowest BCUT2D eigenvalue weighted by Gasteiger charge is -2.12. The number of anilines is 1. The van der Waals surface area contributed by atoms with Crippen molar-refractivity contribution in [1.82, 2.24) is 4.57 Å². The van der Waals surface area contributed by atoms with Crippen molar-refractivity contribution >= 4 is 11.6 Å². The molecular formula is C22H22N2O2. The zero-order valence-corrected chi connectivity index (χ0v) is 15.2. The Morgan fingerprint density at radius 3 is 2.23 bits per heavy atom. The molecule has 0 aliphatic rings. The van der Waals surface area contributed by atoms with Crippen LogP contribution in [0.15, 0.2) is 65.6 Å². The number of nitrogens with one attached hydrogen (secondary N) is 1. The number of para-hydroxylation sites is 1. The van der Waals surface area contributed by atoms with Crippen molar-refractivity contribution in [1.29, 1.82) is 0 Å². The minimum atomic E-state index is -0.384. The highest BCUT2D eigenvalue weighted by molar-refractivity contribution is 6.04. The number of aromatic nitrogens is 1. The summed E-state index contributed by atoms with van der Waals surface area (Å²) in [6.07, 6.45) is 1.71. The van der Waals surface area contributed by atoms with E-state index >= 15 is 0 Å². The molecule has 0 atom stereocenters. The number of aryl methyl sites for hydroxylation is 3. The zero-order chi connectivity index (χ0) is 18.7. The van der Waals surface area contributed by atoms with Gasteiger partial charge in [0.05, 0.1) is 6.54 Å². The quantitative estimate of drug-likeness (QED) is 0.774. The van der Waals surface area contributed by atoms with Gasteiger partial charge in [0.1, 0.15) is 5.56 Å². The van der Waals surface area contributed by atoms with Crippen LogP contribution in [0.4, 0.5) is 5.69 Å². The Balaban J connectivity index is 1.88. The first kappa shape index (κ1) is 17.7. The van der Waals surface area contributed by atoms with Crippen LogP contribution in [-0.4, -0.2) is 10.5 Å². The van der Waals surface area contributed by atoms with Gasteiger partial charge in [0.25, 0.3) is 11.5 Å². The van der Waals surface area contributed by atoms with E-state index in [2.05, 4.69) is 5.32 Å². The first-order valence-corrected chi connectivity index (χ1v) is 8.58. The van der Waals surface area contributed by atoms with Crippen LogP contribution in [0.1, 0.15) is 32.6 Å². The summed E-state index contributed by atoms with van der Waals surface area (Å²) in [5.74, 6) is -0.384. The minimum absolute atomic E-state index is 0.141. The summed E-state index contributed by atoms with van der Waals surface area (Å²) in [5.41, 5.74) is 4.72. The van der Waals surface area contributed by atoms with Crippen LogP contribution in [0.2, 0.25) is 0 Å². The van der Waals surface area contributed by atoms with E-state index in [9.17, 15) is 9.59 Å². The molecule has 4 nitrogen and oxygen atoms in total. The first-order chi connectivity index (χ1) is 12.5. The number of hydrogen-bond acceptors (Lipinski definition) is 2. The molecule has 26 heavy (non-hydrogen) atoms. The SMILES string of the molecule is Cc1ccc(Cn2cccc(C(=O)Nc3c(C)cccc3C)c2=O)cc1. The molecular weight excluding hydrogens is 324 g/mol. The van der Waals surface area contributed by atoms with Gasteiger partial charge in [-0.2, -0.15) is 0 Å². The zero-order valence-electron chi connectivity index (χ0n) is 15.2. The van der Waals surface area contributed by atoms with Gasteiger partial charge in [-0.1, -0.05) is 48.0 Å². The average molecular weight is 346 g/mol. The third kappa shape index (κ3) is 3.75. The molecule has 0 radical (unpaired) electrons. The van der Waals surface area contributed by atoms with Crippen LogP contribution in [0.25, 0.3) is 0 Å². The highest BCUT2D eigenvalue weighted by Gasteiger charge is 2.14. The van der Waals surface area contributed by atoms with Gasteiger partial charge in [-0.15, -0.1) is 0 Å². The van der Waals surface area contributed by atoms with Crippen LogP contribution in [0.3, 0.4) is 0 Å². The van der Waals surface area contributed by atoms with Gasteiger partial charge in [-0.3, -0.25) is 9.59 Å². The number of carbonyl (C=O) groups is 1. The van der Waals surface area contributed by atoms with Crippen LogP contribution >= 0.6 is 0 Å². The summed E-state index contributed by atoms with van der Waals surface area (Å²) in [4.78, 5) is 25.4. The molecule has 0 aliphatic heterocycles. The lowest BCUT2D eigenvalue weighted by atomic mass is 10.1. The molecule has 0 spiro atoms. The Labute approximate surface area is 153 Å². The van der Waals surface area contributed by atoms with Crippen molar-refractivity contribution in [3.8, 4) is 0 Å². The Bertz CT molecular complexity index is 981. The number of nitrogens with zero attached hydrogens (tertiary/aromatic N) is 1. The van der Waals surface area contributed by atoms with Gasteiger partial charge in [0.15, 0.2) is 0 Å². The average Bonchev–Trinajstić information content (AvgIpc) is 2.62. The lowest BCUT2D eigenvalue weighted by molar-refractivity contribution is 0.102. The third-order valence-electron chi connectivity index (χ3n) is 4.46. The highest BCUT2D eigenvalue weighted by atomic mass is 16.2. The van der Waals surface area contributed by atoms with Crippen molar-refractivity contribution < 1.29 is 4.79 Å². The molecule has 2 aromatic carbocycles. The standard InChI is InChI=1S/C22H22N2O2/c1-15-9-11-18(12-10-15)14-24-13-5-8-19(22(24)26)21(25)23-20-16(2)6-4-7-17(20)3/h4-13H,14H2,1-3H3,(H,23,25). The van der Waals surface area contributed by atoms with Crippen LogP contribution in [0.5, 0.6) is 0 Å².